The minimum Gasteiger partial charge on any atom is -0.372 e. The maximum atomic E-state index is 6.77. The molecule has 0 radical (unpaired) electrons. The van der Waals surface area contributed by atoms with Gasteiger partial charge >= 0.3 is 0 Å². The lowest BCUT2D eigenvalue weighted by atomic mass is 9.90. The van der Waals surface area contributed by atoms with Crippen molar-refractivity contribution in [3.05, 3.63) is 94.6 Å². The lowest BCUT2D eigenvalue weighted by Gasteiger charge is -2.25. The number of halogens is 1. The van der Waals surface area contributed by atoms with Crippen LogP contribution in [0.2, 0.25) is 5.02 Å². The number of unbranched alkanes of at least 4 members (excludes halogenated alkanes) is 4. The Kier molecular flexibility index (Phi) is 12.9. The van der Waals surface area contributed by atoms with E-state index in [9.17, 15) is 0 Å². The maximum Gasteiger partial charge on any atom is 0.199 e. The molecule has 1 aliphatic carbocycles. The van der Waals surface area contributed by atoms with Gasteiger partial charge in [0.1, 0.15) is 13.1 Å². The summed E-state index contributed by atoms with van der Waals surface area (Å²) in [6.45, 7) is 13.5. The molecule has 0 heterocycles. The molecule has 0 unspecified atom stereocenters. The van der Waals surface area contributed by atoms with Crippen LogP contribution >= 0.6 is 11.6 Å². The lowest BCUT2D eigenvalue weighted by molar-refractivity contribution is -0.527. The first-order chi connectivity index (χ1) is 18.6. The number of nitrogens with zero attached hydrogens (tertiary/aromatic N) is 2. The summed E-state index contributed by atoms with van der Waals surface area (Å²) in [5, 5.41) is 0.788. The van der Waals surface area contributed by atoms with E-state index in [0.717, 1.165) is 36.8 Å². The summed E-state index contributed by atoms with van der Waals surface area (Å²) in [7, 11) is 0. The van der Waals surface area contributed by atoms with Crippen molar-refractivity contribution in [1.82, 2.24) is 0 Å². The summed E-state index contributed by atoms with van der Waals surface area (Å²) < 4.78 is 2.54. The van der Waals surface area contributed by atoms with Crippen LogP contribution in [0.25, 0.3) is 5.57 Å². The molecule has 2 nitrogen and oxygen atoms in total. The Morgan fingerprint density at radius 1 is 0.684 bits per heavy atom. The van der Waals surface area contributed by atoms with Gasteiger partial charge in [-0.05, 0) is 59.9 Å². The molecule has 0 bridgehead atoms. The first kappa shape index (κ1) is 30.0. The van der Waals surface area contributed by atoms with Crippen LogP contribution in [0.3, 0.4) is 0 Å². The summed E-state index contributed by atoms with van der Waals surface area (Å²) >= 11 is 6.77. The van der Waals surface area contributed by atoms with Gasteiger partial charge in [-0.25, -0.2) is 4.58 Å². The zero-order valence-corrected chi connectivity index (χ0v) is 24.9. The molecule has 0 atom stereocenters. The Morgan fingerprint density at radius 2 is 1.24 bits per heavy atom. The molecule has 204 valence electrons. The molecule has 0 saturated heterocycles. The van der Waals surface area contributed by atoms with E-state index in [0.29, 0.717) is 0 Å². The summed E-state index contributed by atoms with van der Waals surface area (Å²) in [5.74, 6) is 0. The Bertz CT molecular complexity index is 1080. The normalized spacial score (nSPS) is 12.8. The highest BCUT2D eigenvalue weighted by atomic mass is 35.5. The minimum absolute atomic E-state index is 0.788. The van der Waals surface area contributed by atoms with E-state index < -0.39 is 0 Å². The van der Waals surface area contributed by atoms with Crippen LogP contribution in [-0.2, 0) is 0 Å². The third-order valence-electron chi connectivity index (χ3n) is 7.31. The quantitative estimate of drug-likeness (QED) is 0.207. The first-order valence-electron chi connectivity index (χ1n) is 14.9. The largest absolute Gasteiger partial charge is 0.372 e. The fraction of sp³-hybridized carbons (Fsp3) is 0.457. The van der Waals surface area contributed by atoms with Crippen LogP contribution in [0.1, 0.15) is 90.2 Å². The van der Waals surface area contributed by atoms with E-state index in [4.69, 9.17) is 11.6 Å². The number of anilines is 1. The van der Waals surface area contributed by atoms with Gasteiger partial charge in [0.2, 0.25) is 0 Å². The molecule has 38 heavy (non-hydrogen) atoms. The molecule has 0 fully saturated rings. The highest BCUT2D eigenvalue weighted by Gasteiger charge is 2.17. The highest BCUT2D eigenvalue weighted by molar-refractivity contribution is 6.32. The second-order valence-electron chi connectivity index (χ2n) is 10.3. The van der Waals surface area contributed by atoms with Gasteiger partial charge in [-0.3, -0.25) is 0 Å². The summed E-state index contributed by atoms with van der Waals surface area (Å²) in [6, 6.07) is 17.4. The van der Waals surface area contributed by atoms with E-state index in [-0.39, 0.29) is 0 Å². The van der Waals surface area contributed by atoms with Gasteiger partial charge in [0.05, 0.1) is 0 Å². The lowest BCUT2D eigenvalue weighted by Crippen LogP contribution is -2.25. The van der Waals surface area contributed by atoms with Crippen LogP contribution in [0.15, 0.2) is 78.4 Å². The highest BCUT2D eigenvalue weighted by Crippen LogP contribution is 2.34. The molecule has 0 N–H and O–H groups in total. The molecule has 0 aromatic heterocycles. The third kappa shape index (κ3) is 8.46. The SMILES string of the molecule is CCCCN(CCCC)c1ccc(C(=C2C=CC(=[N+](CCCC)CCCC)C=C2)c2ccccc2Cl)cc1. The van der Waals surface area contributed by atoms with Gasteiger partial charge < -0.3 is 4.90 Å². The fourth-order valence-electron chi connectivity index (χ4n) is 4.96. The Labute approximate surface area is 237 Å². The number of hydrogen-bond donors (Lipinski definition) is 0. The molecule has 2 aromatic rings. The molecular weight excluding hydrogens is 484 g/mol. The Hall–Kier alpha value is -2.58. The van der Waals surface area contributed by atoms with E-state index in [1.165, 1.54) is 79.5 Å². The topological polar surface area (TPSA) is 6.25 Å². The van der Waals surface area contributed by atoms with Crippen molar-refractivity contribution in [2.45, 2.75) is 79.1 Å². The van der Waals surface area contributed by atoms with Gasteiger partial charge in [0, 0.05) is 54.4 Å². The van der Waals surface area contributed by atoms with Gasteiger partial charge in [-0.1, -0.05) is 95.3 Å². The van der Waals surface area contributed by atoms with Crippen LogP contribution in [0.4, 0.5) is 5.69 Å². The van der Waals surface area contributed by atoms with Crippen LogP contribution < -0.4 is 4.90 Å². The Balaban J connectivity index is 2.01. The smallest absolute Gasteiger partial charge is 0.199 e. The molecule has 2 aromatic carbocycles. The number of benzene rings is 2. The average molecular weight is 532 g/mol. The van der Waals surface area contributed by atoms with Gasteiger partial charge in [0.25, 0.3) is 0 Å². The van der Waals surface area contributed by atoms with Crippen molar-refractivity contribution in [3.63, 3.8) is 0 Å². The summed E-state index contributed by atoms with van der Waals surface area (Å²) in [6.07, 6.45) is 18.9. The van der Waals surface area contributed by atoms with E-state index in [1.807, 2.05) is 12.1 Å². The fourth-order valence-corrected chi connectivity index (χ4v) is 5.19. The number of allylic oxidation sites excluding steroid dienone is 5. The van der Waals surface area contributed by atoms with E-state index in [1.54, 1.807) is 0 Å². The zero-order valence-electron chi connectivity index (χ0n) is 24.2. The maximum absolute atomic E-state index is 6.77. The standard InChI is InChI=1S/C35H48ClN2/c1-5-9-25-37(26-10-6-2)31-21-17-29(18-22-31)35(33-15-13-14-16-34(33)36)30-19-23-32(24-20-30)38(27-11-7-3)28-12-8-4/h13-24H,5-12,25-28H2,1-4H3/q+1. The second-order valence-corrected chi connectivity index (χ2v) is 10.7. The van der Waals surface area contributed by atoms with Crippen LogP contribution in [-0.4, -0.2) is 36.5 Å². The van der Waals surface area contributed by atoms with Gasteiger partial charge in [-0.15, -0.1) is 0 Å². The zero-order chi connectivity index (χ0) is 27.2. The van der Waals surface area contributed by atoms with Crippen molar-refractivity contribution in [2.24, 2.45) is 0 Å². The van der Waals surface area contributed by atoms with Crippen molar-refractivity contribution in [2.75, 3.05) is 31.1 Å². The van der Waals surface area contributed by atoms with Crippen molar-refractivity contribution in [1.29, 1.82) is 0 Å². The predicted molar refractivity (Wildman–Crippen MR) is 169 cm³/mol. The molecule has 0 aliphatic heterocycles. The van der Waals surface area contributed by atoms with Gasteiger partial charge in [0.15, 0.2) is 5.71 Å². The van der Waals surface area contributed by atoms with Crippen molar-refractivity contribution >= 4 is 28.6 Å². The monoisotopic (exact) mass is 531 g/mol. The predicted octanol–water partition coefficient (Wildman–Crippen LogP) is 9.73. The van der Waals surface area contributed by atoms with E-state index >= 15 is 0 Å². The third-order valence-corrected chi connectivity index (χ3v) is 7.64. The second kappa shape index (κ2) is 16.4. The first-order valence-corrected chi connectivity index (χ1v) is 15.3. The molecule has 3 rings (SSSR count). The van der Waals surface area contributed by atoms with Crippen LogP contribution in [0, 0.1) is 0 Å². The summed E-state index contributed by atoms with van der Waals surface area (Å²) in [4.78, 5) is 2.54. The summed E-state index contributed by atoms with van der Waals surface area (Å²) in [5.41, 5.74) is 7.30. The molecular formula is C35H48ClN2+. The van der Waals surface area contributed by atoms with E-state index in [2.05, 4.69) is 97.9 Å². The molecule has 0 amide bonds. The minimum atomic E-state index is 0.788. The number of hydrogen-bond acceptors (Lipinski definition) is 1. The van der Waals surface area contributed by atoms with Crippen LogP contribution in [0.5, 0.6) is 0 Å². The molecule has 0 spiro atoms. The Morgan fingerprint density at radius 3 is 1.76 bits per heavy atom. The van der Waals surface area contributed by atoms with Gasteiger partial charge in [-0.2, -0.15) is 0 Å². The van der Waals surface area contributed by atoms with Crippen molar-refractivity contribution in [3.8, 4) is 0 Å². The van der Waals surface area contributed by atoms with Crippen molar-refractivity contribution < 1.29 is 4.58 Å². The molecule has 1 aliphatic rings. The number of rotatable bonds is 15. The molecule has 3 heteroatoms. The molecule has 0 saturated carbocycles. The average Bonchev–Trinajstić information content (AvgIpc) is 2.95.